The van der Waals surface area contributed by atoms with Crippen LogP contribution in [0.1, 0.15) is 23.6 Å². The standard InChI is InChI=1S/C17H14Cl2N2OS/c1-11(23-10-12-5-7-14(18)8-6-12)16-20-21-17(22-16)13-3-2-4-15(19)9-13/h2-9,11H,10H2,1H3/t11-/m1/s1. The maximum Gasteiger partial charge on any atom is 0.247 e. The van der Waals surface area contributed by atoms with Gasteiger partial charge in [0, 0.05) is 21.4 Å². The number of rotatable bonds is 5. The number of hydrogen-bond donors (Lipinski definition) is 0. The minimum atomic E-state index is 0.103. The second-order valence-corrected chi connectivity index (χ2v) is 7.24. The molecule has 1 heterocycles. The largest absolute Gasteiger partial charge is 0.420 e. The predicted molar refractivity (Wildman–Crippen MR) is 95.9 cm³/mol. The zero-order chi connectivity index (χ0) is 16.2. The van der Waals surface area contributed by atoms with Gasteiger partial charge in [0.25, 0.3) is 0 Å². The Hall–Kier alpha value is -1.49. The average Bonchev–Trinajstić information content (AvgIpc) is 3.04. The fraction of sp³-hybridized carbons (Fsp3) is 0.176. The summed E-state index contributed by atoms with van der Waals surface area (Å²) >= 11 is 13.6. The summed E-state index contributed by atoms with van der Waals surface area (Å²) in [5.74, 6) is 1.95. The molecule has 2 aromatic carbocycles. The SMILES string of the molecule is C[C@@H](SCc1ccc(Cl)cc1)c1nnc(-c2cccc(Cl)c2)o1. The smallest absolute Gasteiger partial charge is 0.247 e. The first-order chi connectivity index (χ1) is 11.1. The van der Waals surface area contributed by atoms with E-state index in [1.54, 1.807) is 11.8 Å². The van der Waals surface area contributed by atoms with Gasteiger partial charge in [-0.3, -0.25) is 0 Å². The van der Waals surface area contributed by atoms with Crippen molar-refractivity contribution >= 4 is 35.0 Å². The van der Waals surface area contributed by atoms with Gasteiger partial charge in [0.15, 0.2) is 0 Å². The van der Waals surface area contributed by atoms with Gasteiger partial charge in [0.2, 0.25) is 11.8 Å². The number of aromatic nitrogens is 2. The van der Waals surface area contributed by atoms with E-state index in [-0.39, 0.29) is 5.25 Å². The Morgan fingerprint density at radius 3 is 2.57 bits per heavy atom. The average molecular weight is 365 g/mol. The summed E-state index contributed by atoms with van der Waals surface area (Å²) in [5, 5.41) is 9.75. The van der Waals surface area contributed by atoms with Crippen LogP contribution in [0.15, 0.2) is 52.9 Å². The lowest BCUT2D eigenvalue weighted by Gasteiger charge is -2.06. The first-order valence-corrected chi connectivity index (χ1v) is 8.87. The van der Waals surface area contributed by atoms with Crippen LogP contribution in [-0.2, 0) is 5.75 Å². The molecule has 0 bridgehead atoms. The number of thioether (sulfide) groups is 1. The van der Waals surface area contributed by atoms with Gasteiger partial charge in [0.05, 0.1) is 5.25 Å². The van der Waals surface area contributed by atoms with Crippen LogP contribution in [0.3, 0.4) is 0 Å². The second kappa shape index (κ2) is 7.39. The Morgan fingerprint density at radius 1 is 1.04 bits per heavy atom. The first-order valence-electron chi connectivity index (χ1n) is 7.07. The van der Waals surface area contributed by atoms with E-state index in [1.165, 1.54) is 5.56 Å². The highest BCUT2D eigenvalue weighted by Crippen LogP contribution is 2.32. The van der Waals surface area contributed by atoms with Gasteiger partial charge in [-0.1, -0.05) is 41.4 Å². The van der Waals surface area contributed by atoms with Crippen molar-refractivity contribution in [1.82, 2.24) is 10.2 Å². The summed E-state index contributed by atoms with van der Waals surface area (Å²) in [6.45, 7) is 2.05. The Balaban J connectivity index is 1.66. The van der Waals surface area contributed by atoms with Crippen LogP contribution in [0, 0.1) is 0 Å². The van der Waals surface area contributed by atoms with Crippen molar-refractivity contribution in [2.45, 2.75) is 17.9 Å². The first kappa shape index (κ1) is 16.4. The van der Waals surface area contributed by atoms with Crippen LogP contribution >= 0.6 is 35.0 Å². The monoisotopic (exact) mass is 364 g/mol. The summed E-state index contributed by atoms with van der Waals surface area (Å²) in [6, 6.07) is 15.2. The molecule has 0 saturated carbocycles. The third-order valence-electron chi connectivity index (χ3n) is 3.27. The zero-order valence-corrected chi connectivity index (χ0v) is 14.7. The van der Waals surface area contributed by atoms with E-state index in [1.807, 2.05) is 48.5 Å². The molecule has 1 atom stereocenters. The van der Waals surface area contributed by atoms with Gasteiger partial charge in [-0.2, -0.15) is 0 Å². The number of benzene rings is 2. The molecule has 3 aromatic rings. The number of halogens is 2. The van der Waals surface area contributed by atoms with E-state index >= 15 is 0 Å². The molecule has 118 valence electrons. The molecular weight excluding hydrogens is 351 g/mol. The quantitative estimate of drug-likeness (QED) is 0.553. The van der Waals surface area contributed by atoms with Crippen molar-refractivity contribution in [1.29, 1.82) is 0 Å². The fourth-order valence-electron chi connectivity index (χ4n) is 2.01. The lowest BCUT2D eigenvalue weighted by Crippen LogP contribution is -1.90. The molecular formula is C17H14Cl2N2OS. The molecule has 0 radical (unpaired) electrons. The second-order valence-electron chi connectivity index (χ2n) is 5.04. The molecule has 0 aliphatic rings. The van der Waals surface area contributed by atoms with Gasteiger partial charge < -0.3 is 4.42 Å². The van der Waals surface area contributed by atoms with Crippen LogP contribution in [-0.4, -0.2) is 10.2 Å². The van der Waals surface area contributed by atoms with Crippen molar-refractivity contribution in [3.63, 3.8) is 0 Å². The number of hydrogen-bond acceptors (Lipinski definition) is 4. The van der Waals surface area contributed by atoms with Gasteiger partial charge >= 0.3 is 0 Å². The molecule has 0 fully saturated rings. The van der Waals surface area contributed by atoms with Crippen LogP contribution in [0.25, 0.3) is 11.5 Å². The fourth-order valence-corrected chi connectivity index (χ4v) is 3.20. The van der Waals surface area contributed by atoms with E-state index in [2.05, 4.69) is 17.1 Å². The summed E-state index contributed by atoms with van der Waals surface area (Å²) in [6.07, 6.45) is 0. The highest BCUT2D eigenvalue weighted by Gasteiger charge is 2.15. The molecule has 0 unspecified atom stereocenters. The topological polar surface area (TPSA) is 38.9 Å². The molecule has 0 spiro atoms. The lowest BCUT2D eigenvalue weighted by molar-refractivity contribution is 0.509. The maximum atomic E-state index is 5.99. The summed E-state index contributed by atoms with van der Waals surface area (Å²) in [5.41, 5.74) is 2.03. The zero-order valence-electron chi connectivity index (χ0n) is 12.4. The number of nitrogens with zero attached hydrogens (tertiary/aromatic N) is 2. The molecule has 3 rings (SSSR count). The van der Waals surface area contributed by atoms with Gasteiger partial charge in [-0.15, -0.1) is 22.0 Å². The lowest BCUT2D eigenvalue weighted by atomic mass is 10.2. The van der Waals surface area contributed by atoms with Crippen LogP contribution in [0.2, 0.25) is 10.0 Å². The summed E-state index contributed by atoms with van der Waals surface area (Å²) < 4.78 is 5.77. The van der Waals surface area contributed by atoms with Crippen LogP contribution in [0.4, 0.5) is 0 Å². The van der Waals surface area contributed by atoms with E-state index in [9.17, 15) is 0 Å². The van der Waals surface area contributed by atoms with Gasteiger partial charge in [0.1, 0.15) is 0 Å². The van der Waals surface area contributed by atoms with Crippen molar-refractivity contribution in [2.75, 3.05) is 0 Å². The van der Waals surface area contributed by atoms with Gasteiger partial charge in [-0.05, 0) is 42.8 Å². The Labute approximate surface area is 149 Å². The highest BCUT2D eigenvalue weighted by atomic mass is 35.5. The van der Waals surface area contributed by atoms with Gasteiger partial charge in [-0.25, -0.2) is 0 Å². The van der Waals surface area contributed by atoms with E-state index in [0.717, 1.165) is 16.3 Å². The molecule has 1 aromatic heterocycles. The highest BCUT2D eigenvalue weighted by molar-refractivity contribution is 7.98. The minimum absolute atomic E-state index is 0.103. The van der Waals surface area contributed by atoms with E-state index in [0.29, 0.717) is 16.8 Å². The molecule has 23 heavy (non-hydrogen) atoms. The minimum Gasteiger partial charge on any atom is -0.420 e. The normalized spacial score (nSPS) is 12.3. The molecule has 6 heteroatoms. The molecule has 0 saturated heterocycles. The summed E-state index contributed by atoms with van der Waals surface area (Å²) in [7, 11) is 0. The van der Waals surface area contributed by atoms with E-state index in [4.69, 9.17) is 27.6 Å². The van der Waals surface area contributed by atoms with Crippen LogP contribution < -0.4 is 0 Å². The maximum absolute atomic E-state index is 5.99. The van der Waals surface area contributed by atoms with Crippen molar-refractivity contribution < 1.29 is 4.42 Å². The summed E-state index contributed by atoms with van der Waals surface area (Å²) in [4.78, 5) is 0. The Morgan fingerprint density at radius 2 is 1.83 bits per heavy atom. The van der Waals surface area contributed by atoms with Crippen molar-refractivity contribution in [3.05, 3.63) is 70.0 Å². The predicted octanol–water partition coefficient (Wildman–Crippen LogP) is 6.04. The van der Waals surface area contributed by atoms with Crippen LogP contribution in [0.5, 0.6) is 0 Å². The molecule has 0 aliphatic heterocycles. The molecule has 0 N–H and O–H groups in total. The Bertz CT molecular complexity index is 789. The third-order valence-corrected chi connectivity index (χ3v) is 4.96. The van der Waals surface area contributed by atoms with Crippen molar-refractivity contribution in [2.24, 2.45) is 0 Å². The van der Waals surface area contributed by atoms with E-state index < -0.39 is 0 Å². The molecule has 0 amide bonds. The van der Waals surface area contributed by atoms with Crippen molar-refractivity contribution in [3.8, 4) is 11.5 Å². The molecule has 0 aliphatic carbocycles. The third kappa shape index (κ3) is 4.28. The Kier molecular flexibility index (Phi) is 5.26. The molecule has 3 nitrogen and oxygen atoms in total.